The Labute approximate surface area is 94.2 Å². The summed E-state index contributed by atoms with van der Waals surface area (Å²) in [5.74, 6) is -2.53. The Morgan fingerprint density at radius 1 is 1.31 bits per heavy atom. The van der Waals surface area contributed by atoms with Crippen LogP contribution in [0.1, 0.15) is 20.3 Å². The zero-order valence-corrected chi connectivity index (χ0v) is 9.27. The largest absolute Gasteiger partial charge is 0.481 e. The molecule has 0 saturated carbocycles. The molecule has 4 heteroatoms. The molecule has 0 aromatic rings. The van der Waals surface area contributed by atoms with Gasteiger partial charge in [-0.05, 0) is 32.1 Å². The number of hydrogen-bond acceptors (Lipinski definition) is 3. The topological polar surface area (TPSA) is 63.6 Å². The Hall–Kier alpha value is -2.02. The summed E-state index contributed by atoms with van der Waals surface area (Å²) in [6.45, 7) is 3.44. The molecule has 0 rings (SSSR count). The molecule has 0 aliphatic rings. The summed E-state index contributed by atoms with van der Waals surface area (Å²) in [6.07, 6.45) is 5.31. The number of carboxylic acid groups (broad SMARTS) is 1. The third-order valence-electron chi connectivity index (χ3n) is 1.57. The predicted molar refractivity (Wildman–Crippen MR) is 58.5 cm³/mol. The number of carbonyl (C=O) groups is 2. The number of allylic oxidation sites excluding steroid dienone is 1. The van der Waals surface area contributed by atoms with Gasteiger partial charge >= 0.3 is 11.9 Å². The van der Waals surface area contributed by atoms with E-state index in [1.807, 2.05) is 0 Å². The molecule has 1 N–H and O–H groups in total. The zero-order valence-electron chi connectivity index (χ0n) is 9.27. The lowest BCUT2D eigenvalue weighted by Crippen LogP contribution is -2.17. The van der Waals surface area contributed by atoms with E-state index in [2.05, 4.69) is 16.2 Å². The van der Waals surface area contributed by atoms with Gasteiger partial charge in [-0.3, -0.25) is 9.59 Å². The predicted octanol–water partition coefficient (Wildman–Crippen LogP) is 2.04. The van der Waals surface area contributed by atoms with Gasteiger partial charge < -0.3 is 9.84 Å². The van der Waals surface area contributed by atoms with Crippen LogP contribution in [0.4, 0.5) is 0 Å². The van der Waals surface area contributed by atoms with E-state index in [1.54, 1.807) is 26.0 Å². The molecule has 0 spiro atoms. The Kier molecular flexibility index (Phi) is 7.25. The van der Waals surface area contributed by atoms with Gasteiger partial charge in [-0.15, -0.1) is 5.73 Å². The van der Waals surface area contributed by atoms with Crippen LogP contribution in [-0.4, -0.2) is 17.0 Å². The van der Waals surface area contributed by atoms with Gasteiger partial charge in [-0.2, -0.15) is 0 Å². The SMILES string of the molecule is CC=C=COC(=O)C(C=C=CC)CC(=O)O. The monoisotopic (exact) mass is 222 g/mol. The third kappa shape index (κ3) is 6.44. The van der Waals surface area contributed by atoms with Crippen molar-refractivity contribution in [2.75, 3.05) is 0 Å². The number of hydrogen-bond donors (Lipinski definition) is 1. The van der Waals surface area contributed by atoms with E-state index in [4.69, 9.17) is 5.11 Å². The third-order valence-corrected chi connectivity index (χ3v) is 1.57. The minimum absolute atomic E-state index is 0.316. The molecule has 0 aromatic carbocycles. The molecule has 86 valence electrons. The van der Waals surface area contributed by atoms with Gasteiger partial charge in [0.2, 0.25) is 0 Å². The second kappa shape index (κ2) is 8.30. The highest BCUT2D eigenvalue weighted by Crippen LogP contribution is 2.07. The van der Waals surface area contributed by atoms with E-state index in [9.17, 15) is 9.59 Å². The summed E-state index contributed by atoms with van der Waals surface area (Å²) < 4.78 is 4.69. The lowest BCUT2D eigenvalue weighted by Gasteiger charge is -2.05. The second-order valence-electron chi connectivity index (χ2n) is 2.84. The number of ether oxygens (including phenoxy) is 1. The van der Waals surface area contributed by atoms with Crippen LogP contribution >= 0.6 is 0 Å². The lowest BCUT2D eigenvalue weighted by atomic mass is 10.1. The first-order valence-electron chi connectivity index (χ1n) is 4.76. The van der Waals surface area contributed by atoms with Crippen molar-refractivity contribution in [3.05, 3.63) is 36.0 Å². The minimum atomic E-state index is -1.06. The summed E-state index contributed by atoms with van der Waals surface area (Å²) >= 11 is 0. The lowest BCUT2D eigenvalue weighted by molar-refractivity contribution is -0.147. The minimum Gasteiger partial charge on any atom is -0.481 e. The first kappa shape index (κ1) is 14.0. The molecule has 4 nitrogen and oxygen atoms in total. The van der Waals surface area contributed by atoms with E-state index in [0.29, 0.717) is 0 Å². The van der Waals surface area contributed by atoms with E-state index in [1.165, 1.54) is 6.08 Å². The molecular weight excluding hydrogens is 208 g/mol. The molecule has 0 aliphatic heterocycles. The smallest absolute Gasteiger partial charge is 0.319 e. The van der Waals surface area contributed by atoms with Crippen molar-refractivity contribution in [2.45, 2.75) is 20.3 Å². The van der Waals surface area contributed by atoms with Crippen LogP contribution in [0.25, 0.3) is 0 Å². The molecule has 0 heterocycles. The Morgan fingerprint density at radius 2 is 1.94 bits per heavy atom. The fourth-order valence-electron chi connectivity index (χ4n) is 0.858. The van der Waals surface area contributed by atoms with Crippen LogP contribution in [0.5, 0.6) is 0 Å². The first-order chi connectivity index (χ1) is 7.61. The highest BCUT2D eigenvalue weighted by Gasteiger charge is 2.19. The van der Waals surface area contributed by atoms with Crippen molar-refractivity contribution in [2.24, 2.45) is 5.92 Å². The van der Waals surface area contributed by atoms with Crippen molar-refractivity contribution in [3.8, 4) is 0 Å². The number of esters is 1. The van der Waals surface area contributed by atoms with Gasteiger partial charge in [0.25, 0.3) is 0 Å². The molecule has 0 aromatic heterocycles. The first-order valence-corrected chi connectivity index (χ1v) is 4.76. The summed E-state index contributed by atoms with van der Waals surface area (Å²) in [7, 11) is 0. The van der Waals surface area contributed by atoms with Crippen LogP contribution in [-0.2, 0) is 14.3 Å². The van der Waals surface area contributed by atoms with Crippen molar-refractivity contribution >= 4 is 11.9 Å². The molecule has 0 fully saturated rings. The average molecular weight is 222 g/mol. The highest BCUT2D eigenvalue weighted by atomic mass is 16.5. The van der Waals surface area contributed by atoms with Gasteiger partial charge in [0.1, 0.15) is 6.26 Å². The Morgan fingerprint density at radius 3 is 2.44 bits per heavy atom. The molecule has 1 atom stereocenters. The molecule has 0 amide bonds. The molecule has 0 radical (unpaired) electrons. The van der Waals surface area contributed by atoms with Gasteiger partial charge in [0, 0.05) is 0 Å². The van der Waals surface area contributed by atoms with Crippen molar-refractivity contribution < 1.29 is 19.4 Å². The van der Waals surface area contributed by atoms with Crippen molar-refractivity contribution in [1.29, 1.82) is 0 Å². The van der Waals surface area contributed by atoms with E-state index >= 15 is 0 Å². The van der Waals surface area contributed by atoms with Gasteiger partial charge in [0.15, 0.2) is 0 Å². The number of carbonyl (C=O) groups excluding carboxylic acids is 1. The zero-order chi connectivity index (χ0) is 12.4. The molecular formula is C12H14O4. The van der Waals surface area contributed by atoms with Crippen LogP contribution in [0, 0.1) is 5.92 Å². The van der Waals surface area contributed by atoms with Crippen molar-refractivity contribution in [3.63, 3.8) is 0 Å². The molecule has 1 unspecified atom stereocenters. The van der Waals surface area contributed by atoms with E-state index < -0.39 is 17.9 Å². The van der Waals surface area contributed by atoms with Gasteiger partial charge in [-0.25, -0.2) is 0 Å². The normalized spacial score (nSPS) is 10.1. The molecule has 0 bridgehead atoms. The van der Waals surface area contributed by atoms with E-state index in [0.717, 1.165) is 6.26 Å². The van der Waals surface area contributed by atoms with Crippen molar-refractivity contribution in [1.82, 2.24) is 0 Å². The summed E-state index contributed by atoms with van der Waals surface area (Å²) in [4.78, 5) is 21.9. The van der Waals surface area contributed by atoms with Gasteiger partial charge in [-0.1, -0.05) is 5.73 Å². The number of rotatable bonds is 5. The number of aliphatic carboxylic acids is 1. The number of carboxylic acids is 1. The summed E-state index contributed by atoms with van der Waals surface area (Å²) in [5, 5.41) is 8.61. The average Bonchev–Trinajstić information content (AvgIpc) is 2.23. The maximum atomic E-state index is 11.4. The molecule has 0 saturated heterocycles. The fraction of sp³-hybridized carbons (Fsp3) is 0.333. The van der Waals surface area contributed by atoms with E-state index in [-0.39, 0.29) is 6.42 Å². The Bertz CT molecular complexity index is 366. The van der Waals surface area contributed by atoms with Crippen LogP contribution < -0.4 is 0 Å². The van der Waals surface area contributed by atoms with Crippen LogP contribution in [0.3, 0.4) is 0 Å². The summed E-state index contributed by atoms with van der Waals surface area (Å²) in [5.41, 5.74) is 5.23. The Balaban J connectivity index is 4.62. The quantitative estimate of drug-likeness (QED) is 0.439. The second-order valence-corrected chi connectivity index (χ2v) is 2.84. The maximum absolute atomic E-state index is 11.4. The molecule has 16 heavy (non-hydrogen) atoms. The van der Waals surface area contributed by atoms with Gasteiger partial charge in [0.05, 0.1) is 12.3 Å². The highest BCUT2D eigenvalue weighted by molar-refractivity contribution is 5.80. The fourth-order valence-corrected chi connectivity index (χ4v) is 0.858. The maximum Gasteiger partial charge on any atom is 0.319 e. The molecule has 0 aliphatic carbocycles. The van der Waals surface area contributed by atoms with Crippen LogP contribution in [0.15, 0.2) is 36.0 Å². The standard InChI is InChI=1S/C12H14O4/c1-3-5-7-10(9-11(13)14)12(15)16-8-6-4-2/h3-4,7-8,10H,9H2,1-2H3,(H,13,14). The van der Waals surface area contributed by atoms with Crippen LogP contribution in [0.2, 0.25) is 0 Å². The summed E-state index contributed by atoms with van der Waals surface area (Å²) in [6, 6.07) is 0.